The Balaban J connectivity index is 1.58. The van der Waals surface area contributed by atoms with Crippen LogP contribution in [0.2, 0.25) is 0 Å². The summed E-state index contributed by atoms with van der Waals surface area (Å²) >= 11 is 0. The fourth-order valence-electron chi connectivity index (χ4n) is 5.21. The van der Waals surface area contributed by atoms with Gasteiger partial charge in [-0.25, -0.2) is 0 Å². The summed E-state index contributed by atoms with van der Waals surface area (Å²) < 4.78 is 5.44. The van der Waals surface area contributed by atoms with Gasteiger partial charge in [0.25, 0.3) is 0 Å². The molecule has 1 heterocycles. The predicted molar refractivity (Wildman–Crippen MR) is 165 cm³/mol. The number of nitrogens with one attached hydrogen (secondary N) is 5. The highest BCUT2D eigenvalue weighted by Gasteiger charge is 2.30. The third kappa shape index (κ3) is 11.7. The first kappa shape index (κ1) is 34.7. The molecule has 1 aliphatic carbocycles. The highest BCUT2D eigenvalue weighted by molar-refractivity contribution is 5.91. The van der Waals surface area contributed by atoms with Gasteiger partial charge in [-0.15, -0.1) is 0 Å². The van der Waals surface area contributed by atoms with Gasteiger partial charge < -0.3 is 36.7 Å². The van der Waals surface area contributed by atoms with Crippen molar-refractivity contribution in [2.45, 2.75) is 69.6 Å². The number of aldehydes is 1. The predicted octanol–water partition coefficient (Wildman–Crippen LogP) is 0.176. The Labute approximate surface area is 262 Å². The molecule has 3 rings (SSSR count). The van der Waals surface area contributed by atoms with Crippen molar-refractivity contribution in [3.63, 3.8) is 0 Å². The lowest BCUT2D eigenvalue weighted by Crippen LogP contribution is -2.50. The summed E-state index contributed by atoms with van der Waals surface area (Å²) in [6.07, 6.45) is 7.47. The molecule has 2 aromatic rings. The Kier molecular flexibility index (Phi) is 14.0. The van der Waals surface area contributed by atoms with Crippen molar-refractivity contribution in [3.05, 3.63) is 71.7 Å². The number of primary amides is 1. The summed E-state index contributed by atoms with van der Waals surface area (Å²) in [5.74, 6) is -1.90. The highest BCUT2D eigenvalue weighted by atomic mass is 16.3. The molecule has 1 aromatic carbocycles. The zero-order valence-electron chi connectivity index (χ0n) is 25.4. The Morgan fingerprint density at radius 3 is 2.33 bits per heavy atom. The molecular weight excluding hydrogens is 580 g/mol. The van der Waals surface area contributed by atoms with Gasteiger partial charge in [-0.1, -0.05) is 24.3 Å². The Bertz CT molecular complexity index is 1340. The van der Waals surface area contributed by atoms with Crippen LogP contribution in [-0.4, -0.2) is 67.5 Å². The summed E-state index contributed by atoms with van der Waals surface area (Å²) in [4.78, 5) is 73.2. The van der Waals surface area contributed by atoms with E-state index in [1.54, 1.807) is 36.4 Å². The fraction of sp³-hybridized carbons (Fsp3) is 0.438. The number of benzene rings is 1. The monoisotopic (exact) mass is 622 g/mol. The maximum absolute atomic E-state index is 13.4. The molecule has 5 amide bonds. The smallest absolute Gasteiger partial charge is 0.244 e. The molecule has 13 heteroatoms. The van der Waals surface area contributed by atoms with Crippen LogP contribution in [0.25, 0.3) is 0 Å². The van der Waals surface area contributed by atoms with E-state index in [2.05, 4.69) is 26.6 Å². The number of allylic oxidation sites excluding steroid dienone is 1. The van der Waals surface area contributed by atoms with Crippen LogP contribution in [0.1, 0.15) is 49.0 Å². The van der Waals surface area contributed by atoms with Gasteiger partial charge in [0.05, 0.1) is 12.7 Å². The number of furan rings is 1. The third-order valence-corrected chi connectivity index (χ3v) is 7.78. The minimum absolute atomic E-state index is 0.0471. The van der Waals surface area contributed by atoms with Gasteiger partial charge >= 0.3 is 0 Å². The first-order valence-electron chi connectivity index (χ1n) is 15.0. The van der Waals surface area contributed by atoms with Crippen LogP contribution in [0.3, 0.4) is 0 Å². The highest BCUT2D eigenvalue weighted by Crippen LogP contribution is 2.24. The standard InChI is InChI=1S/C32H42N6O7/c1-34-24-12-10-21(11-13-24)31(43)38-27(19-25-8-5-17-45-25)32(44)36-20-23-7-3-2-6-22(23)18-29(41)37-26(30(33)42)14-15-35-28(40)9-4-16-39/h2-9,16-17,21,24,26-27,34H,10-15,18-20H2,1H3,(H2,33,42)(H,35,40)(H,36,44)(H,37,41)(H,38,43)/b9-4-/t21-,24+,26-,27-/m0/s1. The van der Waals surface area contributed by atoms with E-state index in [9.17, 15) is 28.8 Å². The van der Waals surface area contributed by atoms with Crippen molar-refractivity contribution in [1.29, 1.82) is 0 Å². The molecule has 0 radical (unpaired) electrons. The normalized spacial score (nSPS) is 17.5. The average molecular weight is 623 g/mol. The lowest BCUT2D eigenvalue weighted by molar-refractivity contribution is -0.132. The summed E-state index contributed by atoms with van der Waals surface area (Å²) in [5.41, 5.74) is 6.75. The van der Waals surface area contributed by atoms with Crippen LogP contribution in [0.5, 0.6) is 0 Å². The lowest BCUT2D eigenvalue weighted by Gasteiger charge is -2.28. The summed E-state index contributed by atoms with van der Waals surface area (Å²) in [6.45, 7) is 0.144. The molecular formula is C32H42N6O7. The second-order valence-electron chi connectivity index (χ2n) is 10.9. The fourth-order valence-corrected chi connectivity index (χ4v) is 5.21. The molecule has 1 fully saturated rings. The van der Waals surface area contributed by atoms with Crippen molar-refractivity contribution in [3.8, 4) is 0 Å². The zero-order chi connectivity index (χ0) is 32.6. The molecule has 242 valence electrons. The summed E-state index contributed by atoms with van der Waals surface area (Å²) in [7, 11) is 1.92. The van der Waals surface area contributed by atoms with E-state index in [4.69, 9.17) is 10.2 Å². The van der Waals surface area contributed by atoms with Crippen LogP contribution >= 0.6 is 0 Å². The van der Waals surface area contributed by atoms with Crippen molar-refractivity contribution < 1.29 is 33.2 Å². The lowest BCUT2D eigenvalue weighted by atomic mass is 9.85. The van der Waals surface area contributed by atoms with Gasteiger partial charge in [0, 0.05) is 37.5 Å². The largest absolute Gasteiger partial charge is 0.469 e. The number of nitrogens with two attached hydrogens (primary N) is 1. The molecule has 7 N–H and O–H groups in total. The van der Waals surface area contributed by atoms with Gasteiger partial charge in [0.15, 0.2) is 0 Å². The van der Waals surface area contributed by atoms with Crippen LogP contribution in [0.4, 0.5) is 0 Å². The van der Waals surface area contributed by atoms with Crippen LogP contribution in [0.15, 0.2) is 59.2 Å². The number of hydrogen-bond donors (Lipinski definition) is 6. The summed E-state index contributed by atoms with van der Waals surface area (Å²) in [6, 6.07) is 9.03. The first-order valence-corrected chi connectivity index (χ1v) is 15.0. The maximum Gasteiger partial charge on any atom is 0.244 e. The van der Waals surface area contributed by atoms with Crippen molar-refractivity contribution in [2.24, 2.45) is 11.7 Å². The Hall–Kier alpha value is -4.78. The second kappa shape index (κ2) is 18.1. The molecule has 2 atom stereocenters. The third-order valence-electron chi connectivity index (χ3n) is 7.78. The van der Waals surface area contributed by atoms with Crippen LogP contribution < -0.4 is 32.3 Å². The zero-order valence-corrected chi connectivity index (χ0v) is 25.4. The number of amides is 5. The molecule has 0 bridgehead atoms. The molecule has 1 aliphatic rings. The number of hydrogen-bond acceptors (Lipinski definition) is 8. The van der Waals surface area contributed by atoms with Crippen LogP contribution in [-0.2, 0) is 48.2 Å². The molecule has 1 aromatic heterocycles. The van der Waals surface area contributed by atoms with E-state index >= 15 is 0 Å². The molecule has 0 unspecified atom stereocenters. The number of carbonyl (C=O) groups excluding carboxylic acids is 6. The Morgan fingerprint density at radius 2 is 1.69 bits per heavy atom. The van der Waals surface area contributed by atoms with Gasteiger partial charge in [0.2, 0.25) is 29.5 Å². The number of rotatable bonds is 17. The topological polar surface area (TPSA) is 202 Å². The minimum Gasteiger partial charge on any atom is -0.469 e. The quantitative estimate of drug-likeness (QED) is 0.106. The molecule has 0 saturated heterocycles. The molecule has 1 saturated carbocycles. The molecule has 0 aliphatic heterocycles. The van der Waals surface area contributed by atoms with Gasteiger partial charge in [-0.3, -0.25) is 28.8 Å². The van der Waals surface area contributed by atoms with Crippen molar-refractivity contribution in [1.82, 2.24) is 26.6 Å². The molecule has 0 spiro atoms. The molecule has 13 nitrogen and oxygen atoms in total. The summed E-state index contributed by atoms with van der Waals surface area (Å²) in [5, 5.41) is 14.1. The SMILES string of the molecule is CN[C@H]1CC[C@@H](C(=O)N[C@@H](Cc2ccco2)C(=O)NCc2ccccc2CC(=O)N[C@@H](CCNC(=O)/C=C\C=O)C(N)=O)CC1. The first-order chi connectivity index (χ1) is 21.7. The van der Waals surface area contributed by atoms with Crippen LogP contribution in [0, 0.1) is 5.92 Å². The maximum atomic E-state index is 13.4. The van der Waals surface area contributed by atoms with Gasteiger partial charge in [-0.05, 0) is 68.5 Å². The van der Waals surface area contributed by atoms with E-state index in [0.717, 1.165) is 37.8 Å². The average Bonchev–Trinajstić information content (AvgIpc) is 3.55. The van der Waals surface area contributed by atoms with Gasteiger partial charge in [-0.2, -0.15) is 0 Å². The van der Waals surface area contributed by atoms with Crippen molar-refractivity contribution in [2.75, 3.05) is 13.6 Å². The number of carbonyl (C=O) groups is 6. The van der Waals surface area contributed by atoms with E-state index in [1.807, 2.05) is 7.05 Å². The van der Waals surface area contributed by atoms with Crippen molar-refractivity contribution >= 4 is 35.8 Å². The van der Waals surface area contributed by atoms with E-state index < -0.39 is 29.8 Å². The Morgan fingerprint density at radius 1 is 0.956 bits per heavy atom. The van der Waals surface area contributed by atoms with E-state index in [1.165, 1.54) is 6.26 Å². The minimum atomic E-state index is -1.03. The van der Waals surface area contributed by atoms with E-state index in [0.29, 0.717) is 29.2 Å². The molecule has 45 heavy (non-hydrogen) atoms. The van der Waals surface area contributed by atoms with E-state index in [-0.39, 0.29) is 50.1 Å². The van der Waals surface area contributed by atoms with Gasteiger partial charge in [0.1, 0.15) is 24.1 Å². The second-order valence-corrected chi connectivity index (χ2v) is 10.9.